The molecule has 5 N–H and O–H groups in total. The van der Waals surface area contributed by atoms with Crippen molar-refractivity contribution in [2.45, 2.75) is 26.4 Å². The molecule has 0 fully saturated rings. The number of rotatable bonds is 5. The molecule has 1 heterocycles. The fourth-order valence-electron chi connectivity index (χ4n) is 2.27. The van der Waals surface area contributed by atoms with Crippen LogP contribution in [-0.4, -0.2) is 34.1 Å². The molecule has 1 amide bonds. The van der Waals surface area contributed by atoms with Gasteiger partial charge in [-0.3, -0.25) is 9.59 Å². The lowest BCUT2D eigenvalue weighted by molar-refractivity contribution is -0.153. The minimum Gasteiger partial charge on any atom is -0.506 e. The molecule has 1 aromatic carbocycles. The summed E-state index contributed by atoms with van der Waals surface area (Å²) in [5, 5.41) is 13.0. The minimum atomic E-state index is -0.702. The van der Waals surface area contributed by atoms with Crippen LogP contribution in [0.2, 0.25) is 0 Å². The zero-order chi connectivity index (χ0) is 19.3. The number of carbonyl (C=O) groups excluding carboxylic acids is 2. The van der Waals surface area contributed by atoms with Crippen LogP contribution in [0.1, 0.15) is 31.1 Å². The van der Waals surface area contributed by atoms with Gasteiger partial charge in [0.15, 0.2) is 5.82 Å². The van der Waals surface area contributed by atoms with Crippen molar-refractivity contribution < 1.29 is 19.4 Å². The quantitative estimate of drug-likeness (QED) is 0.365. The molecule has 0 unspecified atom stereocenters. The van der Waals surface area contributed by atoms with Crippen LogP contribution in [-0.2, 0) is 9.53 Å². The number of nitrogens with two attached hydrogens (primary N) is 1. The van der Waals surface area contributed by atoms with E-state index in [-0.39, 0.29) is 23.7 Å². The monoisotopic (exact) mass is 358 g/mol. The van der Waals surface area contributed by atoms with E-state index in [4.69, 9.17) is 10.6 Å². The Kier molecular flexibility index (Phi) is 5.78. The van der Waals surface area contributed by atoms with Gasteiger partial charge in [-0.15, -0.1) is 0 Å². The molecule has 0 saturated carbocycles. The number of aromatic hydroxyl groups is 1. The van der Waals surface area contributed by atoms with E-state index in [9.17, 15) is 14.7 Å². The Morgan fingerprint density at radius 1 is 1.23 bits per heavy atom. The summed E-state index contributed by atoms with van der Waals surface area (Å²) in [4.78, 5) is 28.3. The minimum absolute atomic E-state index is 0.0103. The Hall–Kier alpha value is -3.13. The summed E-state index contributed by atoms with van der Waals surface area (Å²) in [7, 11) is 0. The number of carbonyl (C=O) groups is 2. The predicted molar refractivity (Wildman–Crippen MR) is 97.3 cm³/mol. The van der Waals surface area contributed by atoms with Gasteiger partial charge in [-0.05, 0) is 26.3 Å². The van der Waals surface area contributed by atoms with Crippen molar-refractivity contribution in [3.63, 3.8) is 0 Å². The van der Waals surface area contributed by atoms with E-state index >= 15 is 0 Å². The van der Waals surface area contributed by atoms with E-state index in [1.807, 2.05) is 6.07 Å². The molecule has 0 aliphatic heterocycles. The summed E-state index contributed by atoms with van der Waals surface area (Å²) < 4.78 is 5.13. The molecule has 1 aromatic heterocycles. The number of nitrogens with one attached hydrogen (secondary N) is 2. The van der Waals surface area contributed by atoms with Crippen LogP contribution in [0.5, 0.6) is 5.75 Å². The van der Waals surface area contributed by atoms with Crippen molar-refractivity contribution >= 4 is 17.7 Å². The van der Waals surface area contributed by atoms with E-state index < -0.39 is 17.5 Å². The third-order valence-electron chi connectivity index (χ3n) is 3.31. The van der Waals surface area contributed by atoms with Crippen molar-refractivity contribution in [3.8, 4) is 16.9 Å². The van der Waals surface area contributed by atoms with Gasteiger partial charge < -0.3 is 20.6 Å². The smallest absolute Gasteiger partial charge is 0.325 e. The largest absolute Gasteiger partial charge is 0.506 e. The number of amides is 1. The van der Waals surface area contributed by atoms with Crippen molar-refractivity contribution in [2.24, 2.45) is 5.84 Å². The average molecular weight is 358 g/mol. The molecule has 0 saturated heterocycles. The van der Waals surface area contributed by atoms with Crippen LogP contribution in [0.3, 0.4) is 0 Å². The zero-order valence-corrected chi connectivity index (χ0v) is 14.9. The number of ether oxygens (including phenoxy) is 1. The van der Waals surface area contributed by atoms with Gasteiger partial charge in [-0.25, -0.2) is 10.8 Å². The van der Waals surface area contributed by atoms with Gasteiger partial charge in [0.05, 0.1) is 0 Å². The van der Waals surface area contributed by atoms with Gasteiger partial charge in [0.2, 0.25) is 0 Å². The molecule has 138 valence electrons. The fraction of sp³-hybridized carbons (Fsp3) is 0.278. The van der Waals surface area contributed by atoms with Crippen LogP contribution < -0.4 is 16.6 Å². The molecule has 0 bridgehead atoms. The van der Waals surface area contributed by atoms with Crippen LogP contribution in [0, 0.1) is 0 Å². The number of hydrazine groups is 1. The Labute approximate surface area is 151 Å². The topological polar surface area (TPSA) is 127 Å². The number of benzene rings is 1. The second-order valence-electron chi connectivity index (χ2n) is 6.52. The first-order valence-electron chi connectivity index (χ1n) is 7.97. The lowest BCUT2D eigenvalue weighted by atomic mass is 10.0. The van der Waals surface area contributed by atoms with Crippen LogP contribution in [0.4, 0.5) is 5.82 Å². The first-order valence-corrected chi connectivity index (χ1v) is 7.97. The van der Waals surface area contributed by atoms with Gasteiger partial charge in [0, 0.05) is 11.8 Å². The van der Waals surface area contributed by atoms with E-state index in [2.05, 4.69) is 15.7 Å². The summed E-state index contributed by atoms with van der Waals surface area (Å²) in [6.45, 7) is 4.82. The molecule has 0 atom stereocenters. The summed E-state index contributed by atoms with van der Waals surface area (Å²) >= 11 is 0. The first kappa shape index (κ1) is 19.2. The summed E-state index contributed by atoms with van der Waals surface area (Å²) in [5.41, 5.74) is 2.50. The highest BCUT2D eigenvalue weighted by molar-refractivity contribution is 6.04. The average Bonchev–Trinajstić information content (AvgIpc) is 2.58. The highest BCUT2D eigenvalue weighted by Crippen LogP contribution is 2.34. The molecule has 2 aromatic rings. The van der Waals surface area contributed by atoms with Gasteiger partial charge >= 0.3 is 5.97 Å². The summed E-state index contributed by atoms with van der Waals surface area (Å²) in [6, 6.07) is 8.97. The normalized spacial score (nSPS) is 10.9. The number of nitrogen functional groups attached to an aromatic ring is 1. The van der Waals surface area contributed by atoms with Crippen molar-refractivity contribution in [2.75, 3.05) is 12.0 Å². The molecule has 0 radical (unpaired) electrons. The number of aromatic nitrogens is 1. The molecule has 0 aliphatic rings. The Morgan fingerprint density at radius 2 is 1.88 bits per heavy atom. The van der Waals surface area contributed by atoms with Gasteiger partial charge in [-0.2, -0.15) is 0 Å². The number of anilines is 1. The van der Waals surface area contributed by atoms with Crippen molar-refractivity contribution in [3.05, 3.63) is 42.1 Å². The SMILES string of the molecule is CC(C)(C)OC(=O)CNC(=O)c1c(NN)ncc(-c2ccccc2)c1O. The summed E-state index contributed by atoms with van der Waals surface area (Å²) in [6.07, 6.45) is 1.41. The fourth-order valence-corrected chi connectivity index (χ4v) is 2.27. The molecule has 8 heteroatoms. The predicted octanol–water partition coefficient (Wildman–Crippen LogP) is 1.81. The van der Waals surface area contributed by atoms with Crippen molar-refractivity contribution in [1.82, 2.24) is 10.3 Å². The second kappa shape index (κ2) is 7.83. The number of hydrogen-bond donors (Lipinski definition) is 4. The molecule has 0 spiro atoms. The van der Waals surface area contributed by atoms with E-state index in [0.717, 1.165) is 0 Å². The van der Waals surface area contributed by atoms with Gasteiger partial charge in [0.1, 0.15) is 23.5 Å². The molecule has 26 heavy (non-hydrogen) atoms. The Balaban J connectivity index is 2.27. The number of pyridine rings is 1. The number of esters is 1. The standard InChI is InChI=1S/C18H22N4O4/c1-18(2,3)26-13(23)10-21-17(25)14-15(24)12(9-20-16(14)22-19)11-7-5-4-6-8-11/h4-9H,10,19H2,1-3H3,(H,21,25)(H2,20,22,24). The number of hydrogen-bond acceptors (Lipinski definition) is 7. The van der Waals surface area contributed by atoms with E-state index in [1.165, 1.54) is 6.20 Å². The molecule has 8 nitrogen and oxygen atoms in total. The van der Waals surface area contributed by atoms with Crippen LogP contribution >= 0.6 is 0 Å². The third-order valence-corrected chi connectivity index (χ3v) is 3.31. The Morgan fingerprint density at radius 3 is 2.46 bits per heavy atom. The molecule has 2 rings (SSSR count). The molecular weight excluding hydrogens is 336 g/mol. The number of nitrogens with zero attached hydrogens (tertiary/aromatic N) is 1. The van der Waals surface area contributed by atoms with Crippen LogP contribution in [0.15, 0.2) is 36.5 Å². The van der Waals surface area contributed by atoms with Crippen LogP contribution in [0.25, 0.3) is 11.1 Å². The molecule has 0 aliphatic carbocycles. The van der Waals surface area contributed by atoms with Gasteiger partial charge in [-0.1, -0.05) is 30.3 Å². The summed E-state index contributed by atoms with van der Waals surface area (Å²) in [5.74, 6) is 3.79. The zero-order valence-electron chi connectivity index (χ0n) is 14.9. The highest BCUT2D eigenvalue weighted by atomic mass is 16.6. The van der Waals surface area contributed by atoms with Gasteiger partial charge in [0.25, 0.3) is 5.91 Å². The second-order valence-corrected chi connectivity index (χ2v) is 6.52. The van der Waals surface area contributed by atoms with Crippen molar-refractivity contribution in [1.29, 1.82) is 0 Å². The third kappa shape index (κ3) is 4.70. The lowest BCUT2D eigenvalue weighted by Gasteiger charge is -2.19. The maximum atomic E-state index is 12.5. The maximum Gasteiger partial charge on any atom is 0.325 e. The first-order chi connectivity index (χ1) is 12.2. The lowest BCUT2D eigenvalue weighted by Crippen LogP contribution is -2.35. The molecular formula is C18H22N4O4. The highest BCUT2D eigenvalue weighted by Gasteiger charge is 2.23. The van der Waals surface area contributed by atoms with E-state index in [0.29, 0.717) is 11.1 Å². The maximum absolute atomic E-state index is 12.5. The van der Waals surface area contributed by atoms with E-state index in [1.54, 1.807) is 45.0 Å². The Bertz CT molecular complexity index is 801.